The zero-order chi connectivity index (χ0) is 16.7. The van der Waals surface area contributed by atoms with Crippen molar-refractivity contribution in [2.24, 2.45) is 5.73 Å². The van der Waals surface area contributed by atoms with Crippen LogP contribution in [0.2, 0.25) is 0 Å². The van der Waals surface area contributed by atoms with Crippen LogP contribution in [0.4, 0.5) is 0 Å². The predicted octanol–water partition coefficient (Wildman–Crippen LogP) is 4.71. The zero-order valence-electron chi connectivity index (χ0n) is 14.1. The van der Waals surface area contributed by atoms with E-state index in [0.717, 1.165) is 29.1 Å². The number of amides is 1. The number of thioether (sulfide) groups is 1. The molecular weight excluding hydrogens is 360 g/mol. The van der Waals surface area contributed by atoms with Crippen LogP contribution in [-0.2, 0) is 5.75 Å². The van der Waals surface area contributed by atoms with Gasteiger partial charge >= 0.3 is 0 Å². The van der Waals surface area contributed by atoms with Gasteiger partial charge < -0.3 is 11.1 Å². The van der Waals surface area contributed by atoms with E-state index in [9.17, 15) is 4.79 Å². The zero-order valence-corrected chi connectivity index (χ0v) is 16.5. The first kappa shape index (κ1) is 21.0. The number of nitrogens with two attached hydrogens (primary N) is 1. The van der Waals surface area contributed by atoms with E-state index in [1.807, 2.05) is 24.3 Å². The van der Waals surface area contributed by atoms with Crippen molar-refractivity contribution < 1.29 is 4.79 Å². The van der Waals surface area contributed by atoms with Gasteiger partial charge in [0.1, 0.15) is 0 Å². The van der Waals surface area contributed by atoms with Crippen LogP contribution in [0, 0.1) is 0 Å². The van der Waals surface area contributed by atoms with Crippen LogP contribution in [0.1, 0.15) is 41.9 Å². The Hall–Kier alpha value is -1.01. The molecule has 0 bridgehead atoms. The van der Waals surface area contributed by atoms with Gasteiger partial charge in [-0.3, -0.25) is 4.79 Å². The van der Waals surface area contributed by atoms with E-state index in [1.165, 1.54) is 4.88 Å². The second kappa shape index (κ2) is 10.1. The number of thiophene rings is 1. The molecule has 3 nitrogen and oxygen atoms in total. The lowest BCUT2D eigenvalue weighted by atomic mass is 9.94. The lowest BCUT2D eigenvalue weighted by Crippen LogP contribution is -2.49. The third kappa shape index (κ3) is 5.81. The van der Waals surface area contributed by atoms with Crippen molar-refractivity contribution in [1.82, 2.24) is 5.32 Å². The smallest absolute Gasteiger partial charge is 0.252 e. The number of nitrogens with one attached hydrogen (secondary N) is 1. The van der Waals surface area contributed by atoms with Crippen molar-refractivity contribution in [3.05, 3.63) is 52.2 Å². The Labute approximate surface area is 158 Å². The number of hydrogen-bond acceptors (Lipinski definition) is 4. The maximum Gasteiger partial charge on any atom is 0.252 e. The quantitative estimate of drug-likeness (QED) is 0.648. The van der Waals surface area contributed by atoms with Crippen LogP contribution >= 0.6 is 35.5 Å². The minimum Gasteiger partial charge on any atom is -0.350 e. The summed E-state index contributed by atoms with van der Waals surface area (Å²) in [7, 11) is 0. The predicted molar refractivity (Wildman–Crippen MR) is 107 cm³/mol. The van der Waals surface area contributed by atoms with Crippen LogP contribution in [0.25, 0.3) is 0 Å². The molecule has 0 atom stereocenters. The van der Waals surface area contributed by atoms with E-state index in [0.29, 0.717) is 6.54 Å². The van der Waals surface area contributed by atoms with Crippen LogP contribution in [0.3, 0.4) is 0 Å². The molecule has 132 valence electrons. The molecule has 3 N–H and O–H groups in total. The van der Waals surface area contributed by atoms with E-state index in [4.69, 9.17) is 5.73 Å². The summed E-state index contributed by atoms with van der Waals surface area (Å²) in [5, 5.41) is 5.07. The molecule has 0 saturated heterocycles. The first-order chi connectivity index (χ1) is 11.1. The Bertz CT molecular complexity index is 628. The molecule has 0 fully saturated rings. The Balaban J connectivity index is 0.00000288. The van der Waals surface area contributed by atoms with Gasteiger partial charge in [0, 0.05) is 27.6 Å². The highest BCUT2D eigenvalue weighted by Crippen LogP contribution is 2.28. The van der Waals surface area contributed by atoms with Gasteiger partial charge in [-0.05, 0) is 36.4 Å². The van der Waals surface area contributed by atoms with E-state index in [-0.39, 0.29) is 23.9 Å². The van der Waals surface area contributed by atoms with E-state index < -0.39 is 0 Å². The van der Waals surface area contributed by atoms with Gasteiger partial charge in [-0.2, -0.15) is 0 Å². The van der Waals surface area contributed by atoms with Crippen molar-refractivity contribution in [3.63, 3.8) is 0 Å². The molecule has 0 aliphatic carbocycles. The molecule has 2 aromatic rings. The Morgan fingerprint density at radius 3 is 2.54 bits per heavy atom. The molecule has 0 spiro atoms. The minimum atomic E-state index is -0.325. The Kier molecular flexibility index (Phi) is 8.84. The van der Waals surface area contributed by atoms with Crippen LogP contribution in [0.15, 0.2) is 46.7 Å². The summed E-state index contributed by atoms with van der Waals surface area (Å²) in [6, 6.07) is 11.9. The maximum absolute atomic E-state index is 12.5. The largest absolute Gasteiger partial charge is 0.350 e. The monoisotopic (exact) mass is 384 g/mol. The van der Waals surface area contributed by atoms with Crippen LogP contribution in [0.5, 0.6) is 0 Å². The molecule has 0 radical (unpaired) electrons. The second-order valence-electron chi connectivity index (χ2n) is 5.62. The number of carbonyl (C=O) groups is 1. The standard InChI is InChI=1S/C18H24N2OS2.ClH/c1-3-18(19,4-2)13-20-17(21)15-9-5-6-10-16(15)23-12-14-8-7-11-22-14;/h5-11H,3-4,12-13,19H2,1-2H3,(H,20,21);1H. The van der Waals surface area contributed by atoms with Gasteiger partial charge in [0.15, 0.2) is 0 Å². The lowest BCUT2D eigenvalue weighted by molar-refractivity contribution is 0.0939. The minimum absolute atomic E-state index is 0. The summed E-state index contributed by atoms with van der Waals surface area (Å²) in [5.41, 5.74) is 6.67. The van der Waals surface area contributed by atoms with Gasteiger partial charge in [0.25, 0.3) is 5.91 Å². The molecule has 2 rings (SSSR count). The third-order valence-electron chi connectivity index (χ3n) is 4.09. The van der Waals surface area contributed by atoms with Gasteiger partial charge in [0.2, 0.25) is 0 Å². The summed E-state index contributed by atoms with van der Waals surface area (Å²) in [4.78, 5) is 14.8. The highest BCUT2D eigenvalue weighted by molar-refractivity contribution is 7.98. The molecule has 1 aromatic heterocycles. The molecule has 0 unspecified atom stereocenters. The third-order valence-corrected chi connectivity index (χ3v) is 6.27. The van der Waals surface area contributed by atoms with Crippen molar-refractivity contribution in [2.75, 3.05) is 6.54 Å². The summed E-state index contributed by atoms with van der Waals surface area (Å²) >= 11 is 3.43. The van der Waals surface area contributed by atoms with Crippen molar-refractivity contribution in [2.45, 2.75) is 42.9 Å². The topological polar surface area (TPSA) is 55.1 Å². The Morgan fingerprint density at radius 2 is 1.92 bits per heavy atom. The van der Waals surface area contributed by atoms with Crippen molar-refractivity contribution in [1.29, 1.82) is 0 Å². The molecule has 0 aliphatic heterocycles. The number of halogens is 1. The number of rotatable bonds is 8. The van der Waals surface area contributed by atoms with Crippen molar-refractivity contribution >= 4 is 41.4 Å². The van der Waals surface area contributed by atoms with Gasteiger partial charge in [0.05, 0.1) is 5.56 Å². The van der Waals surface area contributed by atoms with E-state index in [2.05, 4.69) is 36.7 Å². The summed E-state index contributed by atoms with van der Waals surface area (Å²) in [6.45, 7) is 4.61. The highest BCUT2D eigenvalue weighted by atomic mass is 35.5. The van der Waals surface area contributed by atoms with Gasteiger partial charge in [-0.25, -0.2) is 0 Å². The summed E-state index contributed by atoms with van der Waals surface area (Å²) in [6.07, 6.45) is 1.69. The van der Waals surface area contributed by atoms with E-state index >= 15 is 0 Å². The average Bonchev–Trinajstić information content (AvgIpc) is 3.11. The molecular formula is C18H25ClN2OS2. The highest BCUT2D eigenvalue weighted by Gasteiger charge is 2.22. The SMILES string of the molecule is CCC(N)(CC)CNC(=O)c1ccccc1SCc1cccs1.Cl. The molecule has 24 heavy (non-hydrogen) atoms. The fourth-order valence-electron chi connectivity index (χ4n) is 2.18. The first-order valence-corrected chi connectivity index (χ1v) is 9.76. The molecule has 1 heterocycles. The van der Waals surface area contributed by atoms with E-state index in [1.54, 1.807) is 23.1 Å². The van der Waals surface area contributed by atoms with Gasteiger partial charge in [-0.15, -0.1) is 35.5 Å². The molecule has 0 aliphatic rings. The summed E-state index contributed by atoms with van der Waals surface area (Å²) < 4.78 is 0. The lowest BCUT2D eigenvalue weighted by Gasteiger charge is -2.27. The fraction of sp³-hybridized carbons (Fsp3) is 0.389. The van der Waals surface area contributed by atoms with Gasteiger partial charge in [-0.1, -0.05) is 32.0 Å². The Morgan fingerprint density at radius 1 is 1.21 bits per heavy atom. The molecule has 1 aromatic carbocycles. The fourth-order valence-corrected chi connectivity index (χ4v) is 4.00. The van der Waals surface area contributed by atoms with Crippen LogP contribution in [-0.4, -0.2) is 18.0 Å². The summed E-state index contributed by atoms with van der Waals surface area (Å²) in [5.74, 6) is 0.836. The first-order valence-electron chi connectivity index (χ1n) is 7.89. The number of benzene rings is 1. The maximum atomic E-state index is 12.5. The number of hydrogen-bond donors (Lipinski definition) is 2. The second-order valence-corrected chi connectivity index (χ2v) is 7.67. The van der Waals surface area contributed by atoms with Crippen LogP contribution < -0.4 is 11.1 Å². The molecule has 1 amide bonds. The normalized spacial score (nSPS) is 11.0. The average molecular weight is 385 g/mol. The number of carbonyl (C=O) groups excluding carboxylic acids is 1. The molecule has 0 saturated carbocycles. The van der Waals surface area contributed by atoms with Crippen molar-refractivity contribution in [3.8, 4) is 0 Å². The molecule has 6 heteroatoms.